The van der Waals surface area contributed by atoms with Gasteiger partial charge in [0.25, 0.3) is 0 Å². The Morgan fingerprint density at radius 1 is 0.725 bits per heavy atom. The van der Waals surface area contributed by atoms with E-state index in [2.05, 4.69) is 40.1 Å². The average Bonchev–Trinajstić information content (AvgIpc) is 3.13. The second-order valence-electron chi connectivity index (χ2n) is 9.83. The molecular weight excluding hydrogens is 788 g/mol. The molecule has 1 N–H and O–H groups in total. The Kier molecular flexibility index (Phi) is 16.4. The van der Waals surface area contributed by atoms with Gasteiger partial charge in [0, 0.05) is 29.9 Å². The molecule has 12 nitrogen and oxygen atoms in total. The third-order valence-electron chi connectivity index (χ3n) is 6.40. The van der Waals surface area contributed by atoms with E-state index in [-0.39, 0.29) is 41.0 Å². The highest BCUT2D eigenvalue weighted by Crippen LogP contribution is 2.23. The van der Waals surface area contributed by atoms with Crippen LogP contribution in [0.2, 0.25) is 0 Å². The number of sulfonamides is 2. The predicted molar refractivity (Wildman–Crippen MR) is 185 cm³/mol. The molecular formula is C32H33BrF4N4O8S2. The number of nitrogens with zero attached hydrogens (tertiary/aromatic N) is 3. The zero-order valence-electron chi connectivity index (χ0n) is 27.6. The van der Waals surface area contributed by atoms with E-state index >= 15 is 0 Å². The number of aromatic nitrogens is 2. The monoisotopic (exact) mass is 820 g/mol. The van der Waals surface area contributed by atoms with Gasteiger partial charge in [0.05, 0.1) is 66.2 Å². The van der Waals surface area contributed by atoms with Crippen LogP contribution in [0.5, 0.6) is 0 Å². The van der Waals surface area contributed by atoms with Crippen LogP contribution in [-0.2, 0) is 41.4 Å². The molecule has 0 aliphatic carbocycles. The van der Waals surface area contributed by atoms with Crippen molar-refractivity contribution < 1.29 is 53.5 Å². The summed E-state index contributed by atoms with van der Waals surface area (Å²) in [7, 11) is -4.62. The number of pyridine rings is 2. The summed E-state index contributed by atoms with van der Waals surface area (Å²) in [5.41, 5.74) is 1.91. The van der Waals surface area contributed by atoms with Gasteiger partial charge in [0.2, 0.25) is 20.0 Å². The first-order valence-corrected chi connectivity index (χ1v) is 18.9. The van der Waals surface area contributed by atoms with Crippen molar-refractivity contribution in [1.29, 1.82) is 0 Å². The molecule has 2 heterocycles. The third-order valence-corrected chi connectivity index (χ3v) is 10.0. The number of hydrogen-bond acceptors (Lipinski definition) is 10. The van der Waals surface area contributed by atoms with Gasteiger partial charge >= 0.3 is 11.9 Å². The lowest BCUT2D eigenvalue weighted by Gasteiger charge is -2.23. The summed E-state index contributed by atoms with van der Waals surface area (Å²) in [6.45, 7) is 2.70. The molecule has 0 bridgehead atoms. The standard InChI is InChI=1S/C16H16F2N2O4S.C8H8BrNO2.C8H9F2NO2S/c1-3-25(22,23)20(13-6-7-14(17)15(18)8-13)10-12-5-4-11(9-19-12)16(21)24-2;1-12-8(11)6-2-3-7(4-9)10-5-6;1-2-14(12,13)11-6-3-4-7(9)8(10)5-6/h4-9H,3,10H2,1-2H3;2-3,5H,4H2,1H3;3-5,11H,2H2,1H3. The maximum atomic E-state index is 13.5. The molecule has 0 amide bonds. The number of halogens is 5. The number of nitrogens with one attached hydrogen (secondary N) is 1. The molecule has 4 rings (SSSR count). The van der Waals surface area contributed by atoms with Crippen molar-refractivity contribution in [3.05, 3.63) is 119 Å². The van der Waals surface area contributed by atoms with Crippen molar-refractivity contribution in [1.82, 2.24) is 9.97 Å². The van der Waals surface area contributed by atoms with Gasteiger partial charge in [-0.15, -0.1) is 0 Å². The summed E-state index contributed by atoms with van der Waals surface area (Å²) in [6.07, 6.45) is 2.76. The number of anilines is 2. The van der Waals surface area contributed by atoms with Crippen LogP contribution in [0, 0.1) is 23.3 Å². The van der Waals surface area contributed by atoms with Gasteiger partial charge in [0.1, 0.15) is 0 Å². The topological polar surface area (TPSA) is 162 Å². The van der Waals surface area contributed by atoms with Crippen LogP contribution in [0.3, 0.4) is 0 Å². The summed E-state index contributed by atoms with van der Waals surface area (Å²) in [4.78, 5) is 30.4. The van der Waals surface area contributed by atoms with E-state index in [0.717, 1.165) is 40.3 Å². The number of esters is 2. The number of alkyl halides is 1. The van der Waals surface area contributed by atoms with Crippen molar-refractivity contribution in [2.45, 2.75) is 25.7 Å². The van der Waals surface area contributed by atoms with E-state index in [1.807, 2.05) is 0 Å². The highest BCUT2D eigenvalue weighted by Gasteiger charge is 2.23. The van der Waals surface area contributed by atoms with Crippen molar-refractivity contribution in [3.63, 3.8) is 0 Å². The van der Waals surface area contributed by atoms with Crippen molar-refractivity contribution in [2.24, 2.45) is 0 Å². The molecule has 0 saturated heterocycles. The lowest BCUT2D eigenvalue weighted by Crippen LogP contribution is -2.32. The quantitative estimate of drug-likeness (QED) is 0.108. The van der Waals surface area contributed by atoms with Gasteiger partial charge in [0.15, 0.2) is 23.3 Å². The number of carbonyl (C=O) groups is 2. The maximum absolute atomic E-state index is 13.5. The number of rotatable bonds is 11. The molecule has 0 saturated carbocycles. The zero-order chi connectivity index (χ0) is 38.4. The maximum Gasteiger partial charge on any atom is 0.339 e. The van der Waals surface area contributed by atoms with Gasteiger partial charge < -0.3 is 9.47 Å². The first-order chi connectivity index (χ1) is 24.0. The van der Waals surface area contributed by atoms with Gasteiger partial charge in [-0.2, -0.15) is 0 Å². The van der Waals surface area contributed by atoms with Crippen molar-refractivity contribution in [2.75, 3.05) is 34.8 Å². The minimum atomic E-state index is -3.76. The van der Waals surface area contributed by atoms with Crippen molar-refractivity contribution in [3.8, 4) is 0 Å². The van der Waals surface area contributed by atoms with Crippen LogP contribution in [0.15, 0.2) is 73.1 Å². The van der Waals surface area contributed by atoms with Crippen molar-refractivity contribution >= 4 is 59.3 Å². The number of hydrogen-bond donors (Lipinski definition) is 1. The minimum Gasteiger partial charge on any atom is -0.465 e. The van der Waals surface area contributed by atoms with E-state index in [9.17, 15) is 44.0 Å². The minimum absolute atomic E-state index is 0.0143. The molecule has 0 fully saturated rings. The summed E-state index contributed by atoms with van der Waals surface area (Å²) >= 11 is 3.26. The second-order valence-corrected chi connectivity index (χ2v) is 14.6. The molecule has 0 aliphatic rings. The second kappa shape index (κ2) is 19.7. The predicted octanol–water partition coefficient (Wildman–Crippen LogP) is 5.99. The fraction of sp³-hybridized carbons (Fsp3) is 0.250. The van der Waals surface area contributed by atoms with Gasteiger partial charge in [-0.05, 0) is 62.4 Å². The molecule has 19 heteroatoms. The molecule has 0 aliphatic heterocycles. The molecule has 2 aromatic heterocycles. The van der Waals surface area contributed by atoms with Gasteiger partial charge in [-0.3, -0.25) is 19.0 Å². The number of ether oxygens (including phenoxy) is 2. The van der Waals surface area contributed by atoms with Crippen LogP contribution in [0.25, 0.3) is 0 Å². The Labute approximate surface area is 301 Å². The lowest BCUT2D eigenvalue weighted by molar-refractivity contribution is 0.0591. The van der Waals surface area contributed by atoms with E-state index in [1.165, 1.54) is 58.7 Å². The lowest BCUT2D eigenvalue weighted by atomic mass is 10.2. The first kappa shape index (κ1) is 42.5. The highest BCUT2D eigenvalue weighted by atomic mass is 79.9. The molecule has 2 aromatic carbocycles. The Balaban J connectivity index is 0.000000292. The molecule has 276 valence electrons. The summed E-state index contributed by atoms with van der Waals surface area (Å²) in [5.74, 6) is -5.59. The van der Waals surface area contributed by atoms with Crippen LogP contribution < -0.4 is 9.03 Å². The summed E-state index contributed by atoms with van der Waals surface area (Å²) in [6, 6.07) is 12.0. The molecule has 4 aromatic rings. The Bertz CT molecular complexity index is 2010. The SMILES string of the molecule is CCS(=O)(=O)N(Cc1ccc(C(=O)OC)cn1)c1ccc(F)c(F)c1.CCS(=O)(=O)Nc1ccc(F)c(F)c1.COC(=O)c1ccc(CBr)nc1. The van der Waals surface area contributed by atoms with E-state index in [1.54, 1.807) is 12.1 Å². The molecule has 0 atom stereocenters. The largest absolute Gasteiger partial charge is 0.465 e. The number of benzene rings is 2. The molecule has 0 radical (unpaired) electrons. The Morgan fingerprint density at radius 2 is 1.24 bits per heavy atom. The highest BCUT2D eigenvalue weighted by molar-refractivity contribution is 9.08. The molecule has 0 unspecified atom stereocenters. The van der Waals surface area contributed by atoms with Crippen LogP contribution in [0.4, 0.5) is 28.9 Å². The van der Waals surface area contributed by atoms with Gasteiger partial charge in [-0.25, -0.2) is 44.0 Å². The normalized spacial score (nSPS) is 10.8. The first-order valence-electron chi connectivity index (χ1n) is 14.5. The summed E-state index contributed by atoms with van der Waals surface area (Å²) < 4.78 is 111. The van der Waals surface area contributed by atoms with E-state index < -0.39 is 49.3 Å². The summed E-state index contributed by atoms with van der Waals surface area (Å²) in [5, 5.41) is 0.689. The Morgan fingerprint density at radius 3 is 1.65 bits per heavy atom. The fourth-order valence-corrected chi connectivity index (χ4v) is 5.64. The zero-order valence-corrected chi connectivity index (χ0v) is 30.8. The molecule has 51 heavy (non-hydrogen) atoms. The van der Waals surface area contributed by atoms with Gasteiger partial charge in [-0.1, -0.05) is 15.9 Å². The number of methoxy groups -OCH3 is 2. The van der Waals surface area contributed by atoms with Crippen LogP contribution in [-0.4, -0.2) is 64.5 Å². The van der Waals surface area contributed by atoms with E-state index in [4.69, 9.17) is 0 Å². The van der Waals surface area contributed by atoms with Crippen LogP contribution >= 0.6 is 15.9 Å². The van der Waals surface area contributed by atoms with E-state index in [0.29, 0.717) is 16.6 Å². The van der Waals surface area contributed by atoms with Crippen LogP contribution in [0.1, 0.15) is 46.0 Å². The average molecular weight is 822 g/mol. The fourth-order valence-electron chi connectivity index (χ4n) is 3.60. The smallest absolute Gasteiger partial charge is 0.339 e. The number of carbonyl (C=O) groups excluding carboxylic acids is 2. The molecule has 0 spiro atoms. The Hall–Kier alpha value is -4.62. The third kappa shape index (κ3) is 13.2.